The van der Waals surface area contributed by atoms with Crippen molar-refractivity contribution in [2.45, 2.75) is 26.7 Å². The third-order valence-corrected chi connectivity index (χ3v) is 2.72. The van der Waals surface area contributed by atoms with Crippen molar-refractivity contribution < 1.29 is 23.9 Å². The van der Waals surface area contributed by atoms with E-state index in [2.05, 4.69) is 10.2 Å². The standard InChI is InChI=1S/C9H20N2O2.C2H7O3P/c1-4-8-13-9(12)10-6-5-7-11(2)3;1-2-6(3,4)5/h4-8H2,1-3H3,(H,10,12);2H2,1H3,(H2,3,4,5). The van der Waals surface area contributed by atoms with Crippen LogP contribution in [0.3, 0.4) is 0 Å². The monoisotopic (exact) mass is 298 g/mol. The van der Waals surface area contributed by atoms with Gasteiger partial charge >= 0.3 is 13.7 Å². The zero-order valence-electron chi connectivity index (χ0n) is 12.3. The Morgan fingerprint density at radius 3 is 2.21 bits per heavy atom. The lowest BCUT2D eigenvalue weighted by Crippen LogP contribution is -2.27. The van der Waals surface area contributed by atoms with Gasteiger partial charge in [-0.1, -0.05) is 13.8 Å². The summed E-state index contributed by atoms with van der Waals surface area (Å²) in [6.45, 7) is 5.58. The van der Waals surface area contributed by atoms with E-state index in [0.29, 0.717) is 13.2 Å². The van der Waals surface area contributed by atoms with Crippen LogP contribution in [0.5, 0.6) is 0 Å². The highest BCUT2D eigenvalue weighted by molar-refractivity contribution is 7.51. The van der Waals surface area contributed by atoms with Gasteiger partial charge in [-0.15, -0.1) is 0 Å². The first-order valence-corrected chi connectivity index (χ1v) is 8.12. The van der Waals surface area contributed by atoms with E-state index >= 15 is 0 Å². The van der Waals surface area contributed by atoms with E-state index < -0.39 is 7.60 Å². The van der Waals surface area contributed by atoms with Crippen LogP contribution in [0.2, 0.25) is 0 Å². The third-order valence-electron chi connectivity index (χ3n) is 1.90. The van der Waals surface area contributed by atoms with Crippen molar-refractivity contribution >= 4 is 13.7 Å². The highest BCUT2D eigenvalue weighted by Gasteiger charge is 2.05. The lowest BCUT2D eigenvalue weighted by molar-refractivity contribution is 0.146. The van der Waals surface area contributed by atoms with E-state index in [1.807, 2.05) is 21.0 Å². The van der Waals surface area contributed by atoms with Crippen LogP contribution >= 0.6 is 7.60 Å². The van der Waals surface area contributed by atoms with Gasteiger partial charge in [0.1, 0.15) is 0 Å². The molecule has 7 nitrogen and oxygen atoms in total. The summed E-state index contributed by atoms with van der Waals surface area (Å²) >= 11 is 0. The normalized spacial score (nSPS) is 10.7. The number of nitrogens with zero attached hydrogens (tertiary/aromatic N) is 1. The fourth-order valence-electron chi connectivity index (χ4n) is 0.832. The number of carbonyl (C=O) groups excluding carboxylic acids is 1. The van der Waals surface area contributed by atoms with Crippen molar-refractivity contribution in [2.24, 2.45) is 0 Å². The molecule has 0 atom stereocenters. The molecule has 0 saturated heterocycles. The minimum Gasteiger partial charge on any atom is -0.450 e. The predicted octanol–water partition coefficient (Wildman–Crippen LogP) is 1.26. The molecule has 1 amide bonds. The van der Waals surface area contributed by atoms with Gasteiger partial charge in [0.25, 0.3) is 0 Å². The Balaban J connectivity index is 0. The summed E-state index contributed by atoms with van der Waals surface area (Å²) < 4.78 is 14.5. The Hall–Kier alpha value is -0.620. The Kier molecular flexibility index (Phi) is 13.5. The van der Waals surface area contributed by atoms with Crippen molar-refractivity contribution in [1.82, 2.24) is 10.2 Å². The summed E-state index contributed by atoms with van der Waals surface area (Å²) in [6, 6.07) is 0. The molecular weight excluding hydrogens is 271 g/mol. The summed E-state index contributed by atoms with van der Waals surface area (Å²) in [6.07, 6.45) is 1.45. The molecule has 8 heteroatoms. The van der Waals surface area contributed by atoms with Gasteiger partial charge in [-0.25, -0.2) is 4.79 Å². The number of hydrogen-bond acceptors (Lipinski definition) is 4. The van der Waals surface area contributed by atoms with Crippen LogP contribution in [-0.4, -0.2) is 60.7 Å². The average Bonchev–Trinajstić information content (AvgIpc) is 2.31. The number of nitrogens with one attached hydrogen (secondary N) is 1. The third kappa shape index (κ3) is 23.0. The van der Waals surface area contributed by atoms with Crippen molar-refractivity contribution in [3.8, 4) is 0 Å². The number of amides is 1. The first-order chi connectivity index (χ1) is 8.72. The molecule has 0 saturated carbocycles. The summed E-state index contributed by atoms with van der Waals surface area (Å²) in [5, 5.41) is 2.68. The maximum absolute atomic E-state index is 10.9. The molecule has 0 bridgehead atoms. The summed E-state index contributed by atoms with van der Waals surface area (Å²) in [5.74, 6) is 0. The highest BCUT2D eigenvalue weighted by Crippen LogP contribution is 2.32. The maximum Gasteiger partial charge on any atom is 0.407 e. The smallest absolute Gasteiger partial charge is 0.407 e. The van der Waals surface area contributed by atoms with Crippen LogP contribution in [0.25, 0.3) is 0 Å². The zero-order chi connectivity index (χ0) is 15.3. The lowest BCUT2D eigenvalue weighted by Gasteiger charge is -2.09. The maximum atomic E-state index is 10.9. The number of hydrogen-bond donors (Lipinski definition) is 3. The van der Waals surface area contributed by atoms with Crippen LogP contribution in [-0.2, 0) is 9.30 Å². The number of alkyl carbamates (subject to hydrolysis) is 1. The molecule has 0 unspecified atom stereocenters. The second-order valence-corrected chi connectivity index (χ2v) is 6.16. The lowest BCUT2D eigenvalue weighted by atomic mass is 10.4. The summed E-state index contributed by atoms with van der Waals surface area (Å²) in [4.78, 5) is 28.9. The second-order valence-electron chi connectivity index (χ2n) is 4.20. The first-order valence-electron chi connectivity index (χ1n) is 6.32. The molecular formula is C11H27N2O5P. The number of carbonyl (C=O) groups is 1. The summed E-state index contributed by atoms with van der Waals surface area (Å²) in [7, 11) is 0.372. The molecule has 0 spiro atoms. The number of rotatable bonds is 7. The van der Waals surface area contributed by atoms with Gasteiger partial charge in [-0.3, -0.25) is 4.57 Å². The van der Waals surface area contributed by atoms with E-state index in [1.54, 1.807) is 0 Å². The van der Waals surface area contributed by atoms with Crippen LogP contribution in [0.15, 0.2) is 0 Å². The van der Waals surface area contributed by atoms with Crippen LogP contribution in [0, 0.1) is 0 Å². The van der Waals surface area contributed by atoms with Gasteiger partial charge in [-0.2, -0.15) is 0 Å². The van der Waals surface area contributed by atoms with Gasteiger partial charge in [0.05, 0.1) is 6.61 Å². The topological polar surface area (TPSA) is 99.1 Å². The van der Waals surface area contributed by atoms with Crippen molar-refractivity contribution in [2.75, 3.05) is 40.0 Å². The van der Waals surface area contributed by atoms with Crippen molar-refractivity contribution in [3.63, 3.8) is 0 Å². The largest absolute Gasteiger partial charge is 0.450 e. The van der Waals surface area contributed by atoms with E-state index in [-0.39, 0.29) is 12.3 Å². The number of ether oxygens (including phenoxy) is 1. The van der Waals surface area contributed by atoms with Crippen molar-refractivity contribution in [3.05, 3.63) is 0 Å². The van der Waals surface area contributed by atoms with Gasteiger partial charge in [0.15, 0.2) is 0 Å². The molecule has 0 heterocycles. The minimum atomic E-state index is -3.65. The molecule has 0 radical (unpaired) electrons. The molecule has 0 rings (SSSR count). The Bertz CT molecular complexity index is 268. The van der Waals surface area contributed by atoms with E-state index in [9.17, 15) is 9.36 Å². The molecule has 0 aromatic carbocycles. The molecule has 0 aliphatic rings. The van der Waals surface area contributed by atoms with Gasteiger partial charge in [-0.05, 0) is 33.5 Å². The van der Waals surface area contributed by atoms with Crippen molar-refractivity contribution in [1.29, 1.82) is 0 Å². The second kappa shape index (κ2) is 12.4. The molecule has 0 aliphatic heterocycles. The molecule has 0 fully saturated rings. The van der Waals surface area contributed by atoms with E-state index in [4.69, 9.17) is 14.5 Å². The average molecular weight is 298 g/mol. The van der Waals surface area contributed by atoms with Crippen LogP contribution in [0.4, 0.5) is 4.79 Å². The summed E-state index contributed by atoms with van der Waals surface area (Å²) in [5.41, 5.74) is 0. The Labute approximate surface area is 115 Å². The molecule has 0 aromatic heterocycles. The van der Waals surface area contributed by atoms with Crippen LogP contribution in [0.1, 0.15) is 26.7 Å². The Morgan fingerprint density at radius 1 is 1.32 bits per heavy atom. The molecule has 19 heavy (non-hydrogen) atoms. The fraction of sp³-hybridized carbons (Fsp3) is 0.909. The van der Waals surface area contributed by atoms with Gasteiger partial charge in [0.2, 0.25) is 0 Å². The first kappa shape index (κ1) is 20.7. The molecule has 3 N–H and O–H groups in total. The van der Waals surface area contributed by atoms with E-state index in [0.717, 1.165) is 19.4 Å². The highest BCUT2D eigenvalue weighted by atomic mass is 31.2. The fourth-order valence-corrected chi connectivity index (χ4v) is 0.832. The molecule has 116 valence electrons. The quantitative estimate of drug-likeness (QED) is 0.483. The minimum absolute atomic E-state index is 0.0625. The molecule has 0 aromatic rings. The van der Waals surface area contributed by atoms with E-state index in [1.165, 1.54) is 6.92 Å². The SMILES string of the molecule is CCCOC(=O)NCCCN(C)C.CCP(=O)(O)O. The molecule has 0 aliphatic carbocycles. The van der Waals surface area contributed by atoms with Gasteiger partial charge in [0, 0.05) is 12.7 Å². The Morgan fingerprint density at radius 2 is 1.84 bits per heavy atom. The predicted molar refractivity (Wildman–Crippen MR) is 75.4 cm³/mol. The van der Waals surface area contributed by atoms with Gasteiger partial charge < -0.3 is 24.7 Å². The van der Waals surface area contributed by atoms with Crippen LogP contribution < -0.4 is 5.32 Å². The zero-order valence-corrected chi connectivity index (χ0v) is 13.2.